The molecule has 0 atom stereocenters. The van der Waals surface area contributed by atoms with Crippen molar-refractivity contribution in [2.45, 2.75) is 0 Å². The molecular formula is C51H28N6. The van der Waals surface area contributed by atoms with Crippen LogP contribution in [0.5, 0.6) is 0 Å². The third-order valence-corrected chi connectivity index (χ3v) is 11.4. The molecule has 57 heavy (non-hydrogen) atoms. The van der Waals surface area contributed by atoms with Gasteiger partial charge in [0.25, 0.3) is 0 Å². The zero-order chi connectivity index (χ0) is 38.2. The molecule has 8 aromatic carbocycles. The molecule has 262 valence electrons. The summed E-state index contributed by atoms with van der Waals surface area (Å²) >= 11 is 0. The molecule has 0 saturated heterocycles. The maximum Gasteiger partial charge on any atom is 0.101 e. The van der Waals surface area contributed by atoms with E-state index in [0.29, 0.717) is 16.7 Å². The zero-order valence-electron chi connectivity index (χ0n) is 30.3. The van der Waals surface area contributed by atoms with E-state index in [1.54, 1.807) is 0 Å². The number of fused-ring (bicyclic) bond motifs is 9. The molecule has 11 rings (SSSR count). The molecule has 0 fully saturated rings. The Morgan fingerprint density at radius 1 is 0.351 bits per heavy atom. The van der Waals surface area contributed by atoms with Crippen LogP contribution in [0, 0.1) is 34.0 Å². The van der Waals surface area contributed by atoms with E-state index in [4.69, 9.17) is 0 Å². The van der Waals surface area contributed by atoms with Gasteiger partial charge in [0.2, 0.25) is 0 Å². The number of hydrogen-bond acceptors (Lipinski definition) is 3. The van der Waals surface area contributed by atoms with E-state index < -0.39 is 0 Å². The number of nitrogens with zero attached hydrogens (tertiary/aromatic N) is 6. The Morgan fingerprint density at radius 2 is 0.842 bits per heavy atom. The lowest BCUT2D eigenvalue weighted by atomic mass is 9.97. The Bertz CT molecular complexity index is 3520. The normalized spacial score (nSPS) is 11.5. The summed E-state index contributed by atoms with van der Waals surface area (Å²) in [6.45, 7) is 0. The van der Waals surface area contributed by atoms with Gasteiger partial charge in [-0.15, -0.1) is 0 Å². The number of aromatic nitrogens is 3. The van der Waals surface area contributed by atoms with Gasteiger partial charge in [-0.1, -0.05) is 103 Å². The van der Waals surface area contributed by atoms with Crippen molar-refractivity contribution in [2.75, 3.05) is 0 Å². The Balaban J connectivity index is 1.11. The predicted octanol–water partition coefficient (Wildman–Crippen LogP) is 12.3. The SMILES string of the molecule is N#Cc1cc(-n2c3ccccc3c3c(-n4c5ccccc5c5ccccc54)c(C#N)ccc32)ccc1-c1ccc(-n2c3ccccc3c3ccccc32)c(C#N)c1. The lowest BCUT2D eigenvalue weighted by Gasteiger charge is -2.15. The summed E-state index contributed by atoms with van der Waals surface area (Å²) in [5.41, 5.74) is 11.5. The standard InChI is InChI=1S/C51H28N6/c52-29-33-22-26-49-50(51(33)57-46-18-8-3-13-40(46)41-14-4-9-19-47(41)57)42-15-5-10-20-48(42)55(49)36-23-24-37(34(28-36)30-53)32-21-25-43(35(27-32)31-54)56-44-16-6-1-11-38(44)39-12-2-7-17-45(39)56/h1-28H. The number of hydrogen-bond donors (Lipinski definition) is 0. The van der Waals surface area contributed by atoms with Crippen LogP contribution in [0.1, 0.15) is 16.7 Å². The highest BCUT2D eigenvalue weighted by Crippen LogP contribution is 2.42. The number of benzene rings is 8. The van der Waals surface area contributed by atoms with Crippen molar-refractivity contribution in [1.82, 2.24) is 13.7 Å². The summed E-state index contributed by atoms with van der Waals surface area (Å²) < 4.78 is 6.55. The van der Waals surface area contributed by atoms with Crippen molar-refractivity contribution in [1.29, 1.82) is 15.8 Å². The van der Waals surface area contributed by atoms with Crippen LogP contribution in [0.4, 0.5) is 0 Å². The van der Waals surface area contributed by atoms with E-state index in [1.807, 2.05) is 97.1 Å². The highest BCUT2D eigenvalue weighted by Gasteiger charge is 2.23. The lowest BCUT2D eigenvalue weighted by Crippen LogP contribution is -2.00. The van der Waals surface area contributed by atoms with Gasteiger partial charge < -0.3 is 13.7 Å². The summed E-state index contributed by atoms with van der Waals surface area (Å²) in [6, 6.07) is 64.5. The van der Waals surface area contributed by atoms with Crippen LogP contribution in [0.3, 0.4) is 0 Å². The van der Waals surface area contributed by atoms with Gasteiger partial charge in [0.05, 0.1) is 67.2 Å². The highest BCUT2D eigenvalue weighted by atomic mass is 15.0. The Morgan fingerprint density at radius 3 is 1.39 bits per heavy atom. The summed E-state index contributed by atoms with van der Waals surface area (Å²) in [4.78, 5) is 0. The third-order valence-electron chi connectivity index (χ3n) is 11.4. The zero-order valence-corrected chi connectivity index (χ0v) is 30.3. The van der Waals surface area contributed by atoms with E-state index in [2.05, 4.69) is 105 Å². The molecule has 0 unspecified atom stereocenters. The van der Waals surface area contributed by atoms with Gasteiger partial charge in [-0.3, -0.25) is 0 Å². The van der Waals surface area contributed by atoms with Gasteiger partial charge in [0.15, 0.2) is 0 Å². The smallest absolute Gasteiger partial charge is 0.101 e. The molecule has 0 aliphatic heterocycles. The van der Waals surface area contributed by atoms with Crippen LogP contribution < -0.4 is 0 Å². The van der Waals surface area contributed by atoms with Crippen molar-refractivity contribution in [3.05, 3.63) is 187 Å². The van der Waals surface area contributed by atoms with Crippen molar-refractivity contribution in [2.24, 2.45) is 0 Å². The molecule has 0 saturated carbocycles. The minimum absolute atomic E-state index is 0.489. The predicted molar refractivity (Wildman–Crippen MR) is 229 cm³/mol. The first-order valence-electron chi connectivity index (χ1n) is 18.7. The molecule has 0 aliphatic rings. The molecule has 0 aliphatic carbocycles. The molecule has 0 amide bonds. The van der Waals surface area contributed by atoms with Gasteiger partial charge in [-0.2, -0.15) is 15.8 Å². The number of nitriles is 3. The summed E-state index contributed by atoms with van der Waals surface area (Å²) in [5.74, 6) is 0. The Hall–Kier alpha value is -8.37. The van der Waals surface area contributed by atoms with Crippen molar-refractivity contribution in [3.63, 3.8) is 0 Å². The Kier molecular flexibility index (Phi) is 6.95. The monoisotopic (exact) mass is 724 g/mol. The van der Waals surface area contributed by atoms with Crippen LogP contribution in [-0.4, -0.2) is 13.7 Å². The third kappa shape index (κ3) is 4.55. The summed E-state index contributed by atoms with van der Waals surface area (Å²) in [7, 11) is 0. The van der Waals surface area contributed by atoms with E-state index in [0.717, 1.165) is 93.6 Å². The molecule has 0 spiro atoms. The summed E-state index contributed by atoms with van der Waals surface area (Å²) in [5, 5.41) is 38.2. The molecule has 3 heterocycles. The van der Waals surface area contributed by atoms with Gasteiger partial charge >= 0.3 is 0 Å². The molecule has 6 nitrogen and oxygen atoms in total. The van der Waals surface area contributed by atoms with Crippen LogP contribution in [0.25, 0.3) is 93.6 Å². The topological polar surface area (TPSA) is 86.2 Å². The average molecular weight is 725 g/mol. The van der Waals surface area contributed by atoms with Crippen molar-refractivity contribution < 1.29 is 0 Å². The second kappa shape index (κ2) is 12.3. The van der Waals surface area contributed by atoms with Gasteiger partial charge in [0.1, 0.15) is 12.1 Å². The first kappa shape index (κ1) is 32.1. The Labute approximate surface area is 326 Å². The quantitative estimate of drug-likeness (QED) is 0.181. The van der Waals surface area contributed by atoms with Gasteiger partial charge in [-0.05, 0) is 77.9 Å². The summed E-state index contributed by atoms with van der Waals surface area (Å²) in [6.07, 6.45) is 0. The lowest BCUT2D eigenvalue weighted by molar-refractivity contribution is 1.16. The first-order valence-corrected chi connectivity index (χ1v) is 18.7. The van der Waals surface area contributed by atoms with Crippen LogP contribution >= 0.6 is 0 Å². The molecule has 0 radical (unpaired) electrons. The van der Waals surface area contributed by atoms with E-state index in [1.165, 1.54) is 0 Å². The van der Waals surface area contributed by atoms with Crippen LogP contribution in [0.2, 0.25) is 0 Å². The van der Waals surface area contributed by atoms with E-state index in [-0.39, 0.29) is 0 Å². The van der Waals surface area contributed by atoms with Gasteiger partial charge in [-0.25, -0.2) is 0 Å². The molecular weight excluding hydrogens is 697 g/mol. The largest absolute Gasteiger partial charge is 0.309 e. The van der Waals surface area contributed by atoms with Crippen LogP contribution in [-0.2, 0) is 0 Å². The fraction of sp³-hybridized carbons (Fsp3) is 0. The second-order valence-electron chi connectivity index (χ2n) is 14.2. The number of rotatable bonds is 4. The van der Waals surface area contributed by atoms with Crippen LogP contribution in [0.15, 0.2) is 170 Å². The second-order valence-corrected chi connectivity index (χ2v) is 14.2. The molecule has 3 aromatic heterocycles. The fourth-order valence-corrected chi connectivity index (χ4v) is 8.99. The maximum absolute atomic E-state index is 10.7. The molecule has 6 heteroatoms. The molecule has 0 N–H and O–H groups in total. The first-order chi connectivity index (χ1) is 28.2. The van der Waals surface area contributed by atoms with Crippen molar-refractivity contribution >= 4 is 65.4 Å². The average Bonchev–Trinajstić information content (AvgIpc) is 3.91. The van der Waals surface area contributed by atoms with E-state index >= 15 is 0 Å². The number of para-hydroxylation sites is 5. The highest BCUT2D eigenvalue weighted by molar-refractivity contribution is 6.17. The maximum atomic E-state index is 10.7. The minimum atomic E-state index is 0.489. The van der Waals surface area contributed by atoms with E-state index in [9.17, 15) is 15.8 Å². The molecule has 11 aromatic rings. The van der Waals surface area contributed by atoms with Crippen molar-refractivity contribution in [3.8, 4) is 46.4 Å². The van der Waals surface area contributed by atoms with Gasteiger partial charge in [0, 0.05) is 38.0 Å². The molecule has 0 bridgehead atoms. The fourth-order valence-electron chi connectivity index (χ4n) is 8.99. The minimum Gasteiger partial charge on any atom is -0.309 e.